The fraction of sp³-hybridized carbons (Fsp3) is 0.304. The van der Waals surface area contributed by atoms with Gasteiger partial charge in [-0.15, -0.1) is 0 Å². The van der Waals surface area contributed by atoms with E-state index in [1.165, 1.54) is 18.7 Å². The minimum atomic E-state index is -2.79. The summed E-state index contributed by atoms with van der Waals surface area (Å²) < 4.78 is 30.3. The number of rotatable bonds is 5. The molecule has 0 saturated heterocycles. The van der Waals surface area contributed by atoms with E-state index in [0.29, 0.717) is 54.9 Å². The van der Waals surface area contributed by atoms with Gasteiger partial charge in [0.2, 0.25) is 0 Å². The molecule has 1 aromatic carbocycles. The molecule has 1 aliphatic carbocycles. The van der Waals surface area contributed by atoms with Gasteiger partial charge in [-0.3, -0.25) is 9.36 Å². The second kappa shape index (κ2) is 8.33. The number of hydrogen-bond acceptors (Lipinski definition) is 7. The zero-order valence-corrected chi connectivity index (χ0v) is 19.8. The van der Waals surface area contributed by atoms with Gasteiger partial charge in [0.1, 0.15) is 29.7 Å². The first-order chi connectivity index (χ1) is 17.3. The van der Waals surface area contributed by atoms with Crippen LogP contribution in [0.2, 0.25) is 5.02 Å². The molecular formula is C23H20ClF2N9O. The van der Waals surface area contributed by atoms with Gasteiger partial charge in [-0.2, -0.15) is 19.0 Å². The number of fused-ring (bicyclic) bond motifs is 2. The van der Waals surface area contributed by atoms with Gasteiger partial charge in [-0.1, -0.05) is 11.6 Å². The van der Waals surface area contributed by atoms with Crippen LogP contribution in [0, 0.1) is 0 Å². The fourth-order valence-corrected chi connectivity index (χ4v) is 4.66. The van der Waals surface area contributed by atoms with Crippen LogP contribution in [0.4, 0.5) is 14.6 Å². The van der Waals surface area contributed by atoms with Crippen molar-refractivity contribution in [2.24, 2.45) is 15.7 Å². The van der Waals surface area contributed by atoms with Gasteiger partial charge < -0.3 is 5.73 Å². The number of alkyl halides is 2. The molecule has 1 atom stereocenters. The van der Waals surface area contributed by atoms with Crippen LogP contribution in [0.5, 0.6) is 0 Å². The maximum Gasteiger partial charge on any atom is 0.333 e. The van der Waals surface area contributed by atoms with E-state index in [4.69, 9.17) is 27.4 Å². The first-order valence-electron chi connectivity index (χ1n) is 11.3. The molecule has 2 N–H and O–H groups in total. The van der Waals surface area contributed by atoms with E-state index in [1.54, 1.807) is 27.4 Å². The quantitative estimate of drug-likeness (QED) is 0.433. The largest absolute Gasteiger partial charge is 0.387 e. The Labute approximate surface area is 207 Å². The molecule has 0 bridgehead atoms. The van der Waals surface area contributed by atoms with Crippen LogP contribution >= 0.6 is 11.6 Å². The van der Waals surface area contributed by atoms with Crippen LogP contribution < -0.4 is 11.3 Å². The zero-order valence-electron chi connectivity index (χ0n) is 19.0. The number of benzene rings is 1. The minimum Gasteiger partial charge on any atom is -0.387 e. The molecule has 10 nitrogen and oxygen atoms in total. The monoisotopic (exact) mass is 511 g/mol. The second-order valence-electron chi connectivity index (χ2n) is 8.84. The highest BCUT2D eigenvalue weighted by Crippen LogP contribution is 2.39. The van der Waals surface area contributed by atoms with E-state index in [-0.39, 0.29) is 18.0 Å². The Morgan fingerprint density at radius 2 is 2.06 bits per heavy atom. The standard InChI is InChI=1S/C23H20ClF2N9O/c1-11(20-31-17-5-2-13(24)6-15(17)22(36)34(20)14-3-4-14)35-21-16(7-18(27)28-10-29-21)19(32-35)12-8-30-33(9-12)23(25)26/h2,5-6,8-11,14,23H,3-4,7H2,1H3,(H2,27,28,29)/t11-/m0/s1. The van der Waals surface area contributed by atoms with Crippen LogP contribution in [0.25, 0.3) is 22.2 Å². The van der Waals surface area contributed by atoms with Crippen molar-refractivity contribution in [1.29, 1.82) is 0 Å². The molecule has 0 radical (unpaired) electrons. The predicted molar refractivity (Wildman–Crippen MR) is 131 cm³/mol. The minimum absolute atomic E-state index is 0.0335. The molecule has 36 heavy (non-hydrogen) atoms. The summed E-state index contributed by atoms with van der Waals surface area (Å²) >= 11 is 6.14. The molecule has 1 aliphatic heterocycles. The molecule has 0 amide bonds. The topological polar surface area (TPSA) is 121 Å². The number of nitrogens with two attached hydrogens (primary N) is 1. The van der Waals surface area contributed by atoms with Crippen molar-refractivity contribution < 1.29 is 8.78 Å². The van der Waals surface area contributed by atoms with E-state index in [1.807, 2.05) is 6.92 Å². The maximum atomic E-state index is 13.5. The van der Waals surface area contributed by atoms with Gasteiger partial charge in [-0.25, -0.2) is 24.3 Å². The Balaban J connectivity index is 1.55. The number of hydrogen-bond donors (Lipinski definition) is 1. The van der Waals surface area contributed by atoms with Crippen molar-refractivity contribution in [3.8, 4) is 11.3 Å². The SMILES string of the molecule is C[C@@H](c1nc2ccc(Cl)cc2c(=O)n1C1CC1)n1nc(-c2cnn(C(F)F)c2)c2c1N=CN=C(N)C2. The molecule has 2 aliphatic rings. The van der Waals surface area contributed by atoms with Crippen LogP contribution in [-0.2, 0) is 6.42 Å². The van der Waals surface area contributed by atoms with Gasteiger partial charge in [0.05, 0.1) is 17.1 Å². The first kappa shape index (κ1) is 22.5. The molecule has 1 saturated carbocycles. The molecule has 3 aromatic heterocycles. The average molecular weight is 512 g/mol. The summed E-state index contributed by atoms with van der Waals surface area (Å²) in [5.41, 5.74) is 7.81. The summed E-state index contributed by atoms with van der Waals surface area (Å²) in [6, 6.07) is 4.54. The summed E-state index contributed by atoms with van der Waals surface area (Å²) in [6.45, 7) is -0.918. The van der Waals surface area contributed by atoms with Crippen molar-refractivity contribution in [3.05, 3.63) is 57.4 Å². The Kier molecular flexibility index (Phi) is 5.21. The fourth-order valence-electron chi connectivity index (χ4n) is 4.49. The Hall–Kier alpha value is -3.93. The van der Waals surface area contributed by atoms with Gasteiger partial charge in [0, 0.05) is 34.8 Å². The molecule has 184 valence electrons. The van der Waals surface area contributed by atoms with Crippen molar-refractivity contribution in [2.45, 2.75) is 44.8 Å². The maximum absolute atomic E-state index is 13.5. The number of aromatic nitrogens is 6. The summed E-state index contributed by atoms with van der Waals surface area (Å²) in [6.07, 6.45) is 5.83. The van der Waals surface area contributed by atoms with E-state index in [9.17, 15) is 13.6 Å². The van der Waals surface area contributed by atoms with E-state index >= 15 is 0 Å². The van der Waals surface area contributed by atoms with Crippen molar-refractivity contribution in [2.75, 3.05) is 0 Å². The van der Waals surface area contributed by atoms with E-state index in [2.05, 4.69) is 15.1 Å². The third-order valence-corrected chi connectivity index (χ3v) is 6.59. The van der Waals surface area contributed by atoms with Crippen molar-refractivity contribution >= 4 is 40.5 Å². The Bertz CT molecular complexity index is 1630. The number of amidine groups is 1. The Morgan fingerprint density at radius 3 is 2.78 bits per heavy atom. The highest BCUT2D eigenvalue weighted by atomic mass is 35.5. The zero-order chi connectivity index (χ0) is 25.1. The van der Waals surface area contributed by atoms with E-state index < -0.39 is 12.6 Å². The molecule has 13 heteroatoms. The third kappa shape index (κ3) is 3.68. The summed E-state index contributed by atoms with van der Waals surface area (Å²) in [5.74, 6) is 1.29. The lowest BCUT2D eigenvalue weighted by molar-refractivity contribution is 0.0566. The lowest BCUT2D eigenvalue weighted by Gasteiger charge is -2.19. The number of halogens is 3. The van der Waals surface area contributed by atoms with Gasteiger partial charge in [0.25, 0.3) is 5.56 Å². The lowest BCUT2D eigenvalue weighted by Crippen LogP contribution is -2.28. The first-order valence-corrected chi connectivity index (χ1v) is 11.7. The molecule has 6 rings (SSSR count). The van der Waals surface area contributed by atoms with Crippen LogP contribution in [0.1, 0.15) is 49.8 Å². The molecule has 0 unspecified atom stereocenters. The number of aliphatic imine (C=N–C) groups is 2. The van der Waals surface area contributed by atoms with Gasteiger partial charge >= 0.3 is 6.55 Å². The molecule has 4 aromatic rings. The lowest BCUT2D eigenvalue weighted by atomic mass is 10.1. The van der Waals surface area contributed by atoms with Crippen molar-refractivity contribution in [1.82, 2.24) is 29.1 Å². The summed E-state index contributed by atoms with van der Waals surface area (Å²) in [4.78, 5) is 26.9. The predicted octanol–water partition coefficient (Wildman–Crippen LogP) is 4.02. The molecule has 1 fully saturated rings. The molecular weight excluding hydrogens is 492 g/mol. The Morgan fingerprint density at radius 1 is 1.25 bits per heavy atom. The van der Waals surface area contributed by atoms with Crippen LogP contribution in [-0.4, -0.2) is 41.3 Å². The second-order valence-corrected chi connectivity index (χ2v) is 9.27. The van der Waals surface area contributed by atoms with E-state index in [0.717, 1.165) is 12.8 Å². The molecule has 4 heterocycles. The average Bonchev–Trinajstić information content (AvgIpc) is 3.50. The molecule has 0 spiro atoms. The normalized spacial score (nSPS) is 16.3. The third-order valence-electron chi connectivity index (χ3n) is 6.36. The summed E-state index contributed by atoms with van der Waals surface area (Å²) in [5, 5.41) is 9.40. The van der Waals surface area contributed by atoms with Crippen LogP contribution in [0.15, 0.2) is 45.4 Å². The highest BCUT2D eigenvalue weighted by Gasteiger charge is 2.33. The smallest absolute Gasteiger partial charge is 0.333 e. The van der Waals surface area contributed by atoms with Crippen LogP contribution in [0.3, 0.4) is 0 Å². The van der Waals surface area contributed by atoms with Crippen molar-refractivity contribution in [3.63, 3.8) is 0 Å². The highest BCUT2D eigenvalue weighted by molar-refractivity contribution is 6.31. The summed E-state index contributed by atoms with van der Waals surface area (Å²) in [7, 11) is 0. The van der Waals surface area contributed by atoms with Gasteiger partial charge in [0.15, 0.2) is 5.82 Å². The van der Waals surface area contributed by atoms with Gasteiger partial charge in [-0.05, 0) is 38.0 Å². The number of nitrogens with zero attached hydrogens (tertiary/aromatic N) is 8.